The van der Waals surface area contributed by atoms with Crippen molar-refractivity contribution >= 4 is 11.9 Å². The number of nitrogens with two attached hydrogens (primary N) is 1. The molecule has 0 saturated carbocycles. The normalized spacial score (nSPS) is 35.4. The van der Waals surface area contributed by atoms with Crippen LogP contribution in [0.2, 0.25) is 0 Å². The molecule has 0 spiro atoms. The van der Waals surface area contributed by atoms with E-state index in [1.165, 1.54) is 6.92 Å². The molecule has 0 aromatic rings. The molecule has 1 unspecified atom stereocenters. The van der Waals surface area contributed by atoms with E-state index in [9.17, 15) is 24.9 Å². The first-order valence-corrected chi connectivity index (χ1v) is 6.11. The van der Waals surface area contributed by atoms with Gasteiger partial charge in [-0.05, 0) is 13.3 Å². The quantitative estimate of drug-likeness (QED) is 0.346. The van der Waals surface area contributed by atoms with Crippen LogP contribution in [0.25, 0.3) is 0 Å². The van der Waals surface area contributed by atoms with Crippen LogP contribution in [0.5, 0.6) is 0 Å². The van der Waals surface area contributed by atoms with Crippen molar-refractivity contribution < 1.29 is 39.5 Å². The van der Waals surface area contributed by atoms with Crippen LogP contribution >= 0.6 is 0 Å². The summed E-state index contributed by atoms with van der Waals surface area (Å²) in [5.74, 6) is -2.06. The minimum Gasteiger partial charge on any atom is -0.481 e. The summed E-state index contributed by atoms with van der Waals surface area (Å²) in [6.45, 7) is 1.44. The highest BCUT2D eigenvalue weighted by molar-refractivity contribution is 5.76. The molecule has 0 amide bonds. The number of hydrogen-bond donors (Lipinski definition) is 5. The Hall–Kier alpha value is -1.26. The number of rotatable bonds is 5. The van der Waals surface area contributed by atoms with Gasteiger partial charge in [0, 0.05) is 6.42 Å². The number of ether oxygens (including phenoxy) is 2. The van der Waals surface area contributed by atoms with Crippen LogP contribution in [0, 0.1) is 0 Å². The molecule has 20 heavy (non-hydrogen) atoms. The highest BCUT2D eigenvalue weighted by atomic mass is 16.7. The van der Waals surface area contributed by atoms with Crippen LogP contribution < -0.4 is 5.73 Å². The molecule has 1 fully saturated rings. The van der Waals surface area contributed by atoms with Gasteiger partial charge in [-0.2, -0.15) is 0 Å². The Bertz CT molecular complexity index is 362. The fourth-order valence-electron chi connectivity index (χ4n) is 1.71. The topological polar surface area (TPSA) is 160 Å². The van der Waals surface area contributed by atoms with E-state index in [1.54, 1.807) is 0 Å². The Labute approximate surface area is 114 Å². The second kappa shape index (κ2) is 6.95. The summed E-state index contributed by atoms with van der Waals surface area (Å²) >= 11 is 0. The second-order valence-corrected chi connectivity index (χ2v) is 4.66. The summed E-state index contributed by atoms with van der Waals surface area (Å²) in [6.07, 6.45) is -7.18. The summed E-state index contributed by atoms with van der Waals surface area (Å²) in [6, 6.07) is -1.18. The predicted octanol–water partition coefficient (Wildman–Crippen LogP) is -2.45. The number of carbonyl (C=O) groups is 2. The maximum Gasteiger partial charge on any atom is 0.325 e. The highest BCUT2D eigenvalue weighted by Gasteiger charge is 2.44. The van der Waals surface area contributed by atoms with E-state index in [0.29, 0.717) is 0 Å². The van der Waals surface area contributed by atoms with E-state index in [2.05, 4.69) is 0 Å². The number of carboxylic acids is 1. The van der Waals surface area contributed by atoms with E-state index in [-0.39, 0.29) is 12.8 Å². The zero-order valence-corrected chi connectivity index (χ0v) is 10.9. The van der Waals surface area contributed by atoms with E-state index in [4.69, 9.17) is 20.3 Å². The average Bonchev–Trinajstić information content (AvgIpc) is 2.39. The molecular formula is C11H19NO8. The first kappa shape index (κ1) is 16.8. The maximum atomic E-state index is 11.6. The van der Waals surface area contributed by atoms with Crippen molar-refractivity contribution in [2.24, 2.45) is 5.73 Å². The molecule has 0 aromatic heterocycles. The van der Waals surface area contributed by atoms with E-state index >= 15 is 0 Å². The number of aliphatic hydroxyl groups is 3. The average molecular weight is 293 g/mol. The lowest BCUT2D eigenvalue weighted by atomic mass is 10.00. The van der Waals surface area contributed by atoms with Crippen LogP contribution in [-0.4, -0.2) is 69.1 Å². The molecule has 9 nitrogen and oxygen atoms in total. The lowest BCUT2D eigenvalue weighted by Crippen LogP contribution is -2.58. The van der Waals surface area contributed by atoms with Gasteiger partial charge in [0.2, 0.25) is 6.29 Å². The molecule has 1 aliphatic heterocycles. The fourth-order valence-corrected chi connectivity index (χ4v) is 1.71. The van der Waals surface area contributed by atoms with Crippen LogP contribution in [0.4, 0.5) is 0 Å². The molecule has 0 radical (unpaired) electrons. The highest BCUT2D eigenvalue weighted by Crippen LogP contribution is 2.22. The zero-order chi connectivity index (χ0) is 15.4. The second-order valence-electron chi connectivity index (χ2n) is 4.66. The van der Waals surface area contributed by atoms with E-state index < -0.39 is 48.7 Å². The zero-order valence-electron chi connectivity index (χ0n) is 10.9. The molecule has 1 saturated heterocycles. The molecular weight excluding hydrogens is 274 g/mol. The standard InChI is InChI=1S/C11H19NO8/c1-4-7(15)8(16)9(17)11(19-4)20-10(18)5(12)2-3-6(13)14/h4-5,7-9,11,15-17H,2-3,12H2,1H3,(H,13,14)/t4-,5-,7-,8+,9+,11?/m0/s1. The first-order valence-electron chi connectivity index (χ1n) is 6.11. The largest absolute Gasteiger partial charge is 0.481 e. The summed E-state index contributed by atoms with van der Waals surface area (Å²) < 4.78 is 9.84. The Morgan fingerprint density at radius 1 is 1.25 bits per heavy atom. The number of hydrogen-bond acceptors (Lipinski definition) is 8. The van der Waals surface area contributed by atoms with Crippen molar-refractivity contribution in [1.29, 1.82) is 0 Å². The number of aliphatic carboxylic acids is 1. The molecule has 1 heterocycles. The van der Waals surface area contributed by atoms with Crippen molar-refractivity contribution in [2.75, 3.05) is 0 Å². The fraction of sp³-hybridized carbons (Fsp3) is 0.818. The van der Waals surface area contributed by atoms with E-state index in [1.807, 2.05) is 0 Å². The molecule has 0 aliphatic carbocycles. The van der Waals surface area contributed by atoms with Gasteiger partial charge in [0.05, 0.1) is 6.10 Å². The lowest BCUT2D eigenvalue weighted by Gasteiger charge is -2.38. The summed E-state index contributed by atoms with van der Waals surface area (Å²) in [7, 11) is 0. The Kier molecular flexibility index (Phi) is 5.84. The molecule has 1 rings (SSSR count). The van der Waals surface area contributed by atoms with Crippen molar-refractivity contribution in [2.45, 2.75) is 56.5 Å². The number of aliphatic hydroxyl groups excluding tert-OH is 3. The van der Waals surface area contributed by atoms with Crippen LogP contribution in [0.1, 0.15) is 19.8 Å². The molecule has 6 N–H and O–H groups in total. The predicted molar refractivity (Wildman–Crippen MR) is 63.3 cm³/mol. The maximum absolute atomic E-state index is 11.6. The number of carbonyl (C=O) groups excluding carboxylic acids is 1. The number of carboxylic acid groups (broad SMARTS) is 1. The minimum absolute atomic E-state index is 0.127. The van der Waals surface area contributed by atoms with Gasteiger partial charge >= 0.3 is 11.9 Å². The molecule has 9 heteroatoms. The molecule has 6 atom stereocenters. The molecule has 1 aliphatic rings. The molecule has 0 aromatic carbocycles. The summed E-state index contributed by atoms with van der Waals surface area (Å²) in [4.78, 5) is 21.9. The molecule has 0 bridgehead atoms. The van der Waals surface area contributed by atoms with Gasteiger partial charge in [0.25, 0.3) is 0 Å². The van der Waals surface area contributed by atoms with Crippen LogP contribution in [0.3, 0.4) is 0 Å². The van der Waals surface area contributed by atoms with Gasteiger partial charge < -0.3 is 35.6 Å². The number of esters is 1. The third kappa shape index (κ3) is 4.12. The van der Waals surface area contributed by atoms with Gasteiger partial charge in [-0.3, -0.25) is 9.59 Å². The Morgan fingerprint density at radius 3 is 2.40 bits per heavy atom. The molecule has 116 valence electrons. The van der Waals surface area contributed by atoms with Crippen molar-refractivity contribution in [3.8, 4) is 0 Å². The summed E-state index contributed by atoms with van der Waals surface area (Å²) in [5.41, 5.74) is 5.44. The van der Waals surface area contributed by atoms with Crippen LogP contribution in [-0.2, 0) is 19.1 Å². The van der Waals surface area contributed by atoms with Crippen molar-refractivity contribution in [1.82, 2.24) is 0 Å². The smallest absolute Gasteiger partial charge is 0.325 e. The first-order chi connectivity index (χ1) is 9.23. The van der Waals surface area contributed by atoms with Gasteiger partial charge in [0.15, 0.2) is 0 Å². The Morgan fingerprint density at radius 2 is 1.85 bits per heavy atom. The van der Waals surface area contributed by atoms with Crippen molar-refractivity contribution in [3.63, 3.8) is 0 Å². The monoisotopic (exact) mass is 293 g/mol. The SMILES string of the molecule is C[C@@H]1OC(OC(=O)[C@@H](N)CCC(=O)O)[C@H](O)[C@H](O)[C@H]1O. The summed E-state index contributed by atoms with van der Waals surface area (Å²) in [5, 5.41) is 37.1. The van der Waals surface area contributed by atoms with Gasteiger partial charge in [-0.25, -0.2) is 0 Å². The van der Waals surface area contributed by atoms with Gasteiger partial charge in [0.1, 0.15) is 24.4 Å². The minimum atomic E-state index is -1.61. The van der Waals surface area contributed by atoms with Crippen LogP contribution in [0.15, 0.2) is 0 Å². The van der Waals surface area contributed by atoms with Crippen molar-refractivity contribution in [3.05, 3.63) is 0 Å². The lowest BCUT2D eigenvalue weighted by molar-refractivity contribution is -0.285. The van der Waals surface area contributed by atoms with E-state index in [0.717, 1.165) is 0 Å². The third-order valence-electron chi connectivity index (χ3n) is 3.01. The third-order valence-corrected chi connectivity index (χ3v) is 3.01. The Balaban J connectivity index is 2.54. The van der Waals surface area contributed by atoms with Gasteiger partial charge in [-0.15, -0.1) is 0 Å². The van der Waals surface area contributed by atoms with Gasteiger partial charge in [-0.1, -0.05) is 0 Å².